The number of rotatable bonds is 5. The third-order valence-corrected chi connectivity index (χ3v) is 7.16. The Balaban J connectivity index is 1.60. The van der Waals surface area contributed by atoms with E-state index in [1.54, 1.807) is 18.2 Å². The average molecular weight is 434 g/mol. The van der Waals surface area contributed by atoms with Gasteiger partial charge in [-0.3, -0.25) is 9.10 Å². The Bertz CT molecular complexity index is 1180. The van der Waals surface area contributed by atoms with Gasteiger partial charge in [0, 0.05) is 18.8 Å². The van der Waals surface area contributed by atoms with Crippen LogP contribution in [0.3, 0.4) is 0 Å². The van der Waals surface area contributed by atoms with Gasteiger partial charge in [-0.25, -0.2) is 12.8 Å². The molecule has 4 rings (SSSR count). The number of halogens is 1. The fraction of sp³-hybridized carbons (Fsp3) is 0.105. The van der Waals surface area contributed by atoms with Crippen LogP contribution in [0.5, 0.6) is 11.5 Å². The molecule has 0 fully saturated rings. The van der Waals surface area contributed by atoms with E-state index in [1.165, 1.54) is 42.8 Å². The molecule has 10 heteroatoms. The van der Waals surface area contributed by atoms with E-state index in [9.17, 15) is 17.6 Å². The Morgan fingerprint density at radius 1 is 1.10 bits per heavy atom. The van der Waals surface area contributed by atoms with Gasteiger partial charge in [-0.05, 0) is 47.8 Å². The smallest absolute Gasteiger partial charge is 0.267 e. The molecule has 1 aliphatic rings. The molecule has 150 valence electrons. The number of benzene rings is 2. The molecule has 1 N–H and O–H groups in total. The summed E-state index contributed by atoms with van der Waals surface area (Å²) in [7, 11) is -2.68. The summed E-state index contributed by atoms with van der Waals surface area (Å²) >= 11 is 1.01. The largest absolute Gasteiger partial charge is 0.454 e. The van der Waals surface area contributed by atoms with E-state index in [0.29, 0.717) is 17.2 Å². The summed E-state index contributed by atoms with van der Waals surface area (Å²) < 4.78 is 50.7. The molecule has 0 spiro atoms. The highest BCUT2D eigenvalue weighted by Crippen LogP contribution is 2.35. The van der Waals surface area contributed by atoms with E-state index < -0.39 is 21.7 Å². The zero-order valence-electron chi connectivity index (χ0n) is 15.1. The van der Waals surface area contributed by atoms with Crippen LogP contribution in [-0.4, -0.2) is 28.2 Å². The first-order valence-electron chi connectivity index (χ1n) is 8.39. The van der Waals surface area contributed by atoms with Gasteiger partial charge in [-0.2, -0.15) is 0 Å². The predicted molar refractivity (Wildman–Crippen MR) is 107 cm³/mol. The molecular formula is C19H15FN2O5S2. The summed E-state index contributed by atoms with van der Waals surface area (Å²) in [6.45, 7) is 0.107. The van der Waals surface area contributed by atoms with E-state index in [-0.39, 0.29) is 22.3 Å². The molecule has 3 aromatic rings. The van der Waals surface area contributed by atoms with Crippen molar-refractivity contribution >= 4 is 38.6 Å². The fourth-order valence-electron chi connectivity index (χ4n) is 2.77. The number of ether oxygens (including phenoxy) is 2. The second-order valence-electron chi connectivity index (χ2n) is 6.09. The van der Waals surface area contributed by atoms with Crippen LogP contribution in [0.2, 0.25) is 0 Å². The Hall–Kier alpha value is -3.11. The Kier molecular flexibility index (Phi) is 4.89. The van der Waals surface area contributed by atoms with E-state index >= 15 is 0 Å². The number of hydrogen-bond acceptors (Lipinski definition) is 6. The van der Waals surface area contributed by atoms with Crippen molar-refractivity contribution in [2.45, 2.75) is 4.90 Å². The van der Waals surface area contributed by atoms with Gasteiger partial charge in [0.25, 0.3) is 15.9 Å². The normalized spacial score (nSPS) is 12.6. The van der Waals surface area contributed by atoms with Crippen LogP contribution < -0.4 is 19.1 Å². The molecule has 2 aromatic carbocycles. The van der Waals surface area contributed by atoms with Crippen LogP contribution in [-0.2, 0) is 10.0 Å². The maximum absolute atomic E-state index is 13.1. The summed E-state index contributed by atoms with van der Waals surface area (Å²) in [5, 5.41) is 4.20. The Morgan fingerprint density at radius 3 is 2.59 bits per heavy atom. The molecule has 0 aliphatic carbocycles. The molecule has 1 aromatic heterocycles. The van der Waals surface area contributed by atoms with Crippen molar-refractivity contribution in [3.05, 3.63) is 64.6 Å². The zero-order chi connectivity index (χ0) is 20.6. The van der Waals surface area contributed by atoms with Crippen molar-refractivity contribution < 1.29 is 27.1 Å². The first kappa shape index (κ1) is 19.2. The molecule has 29 heavy (non-hydrogen) atoms. The third kappa shape index (κ3) is 3.64. The topological polar surface area (TPSA) is 84.9 Å². The maximum atomic E-state index is 13.1. The molecule has 0 atom stereocenters. The fourth-order valence-corrected chi connectivity index (χ4v) is 5.26. The lowest BCUT2D eigenvalue weighted by atomic mass is 10.2. The molecule has 0 saturated carbocycles. The molecule has 0 saturated heterocycles. The highest BCUT2D eigenvalue weighted by atomic mass is 32.2. The second-order valence-corrected chi connectivity index (χ2v) is 8.94. The van der Waals surface area contributed by atoms with Gasteiger partial charge < -0.3 is 14.8 Å². The van der Waals surface area contributed by atoms with E-state index in [4.69, 9.17) is 9.47 Å². The van der Waals surface area contributed by atoms with Gasteiger partial charge >= 0.3 is 0 Å². The average Bonchev–Trinajstić information content (AvgIpc) is 3.37. The molecular weight excluding hydrogens is 419 g/mol. The Morgan fingerprint density at radius 2 is 1.83 bits per heavy atom. The molecule has 0 unspecified atom stereocenters. The maximum Gasteiger partial charge on any atom is 0.267 e. The predicted octanol–water partition coefficient (Wildman–Crippen LogP) is 3.69. The van der Waals surface area contributed by atoms with Crippen molar-refractivity contribution in [2.75, 3.05) is 23.5 Å². The highest BCUT2D eigenvalue weighted by molar-refractivity contribution is 7.93. The standard InChI is InChI=1S/C19H15FN2O5S2/c1-22(14-5-2-12(20)3-6-14)29(24,25)17-8-9-28-18(17)19(23)21-13-4-7-15-16(10-13)27-11-26-15/h2-10H,11H2,1H3,(H,21,23). The minimum Gasteiger partial charge on any atom is -0.454 e. The van der Waals surface area contributed by atoms with Crippen molar-refractivity contribution in [1.29, 1.82) is 0 Å². The summed E-state index contributed by atoms with van der Waals surface area (Å²) in [4.78, 5) is 12.6. The molecule has 0 radical (unpaired) electrons. The number of sulfonamides is 1. The summed E-state index contributed by atoms with van der Waals surface area (Å²) in [5.41, 5.74) is 0.725. The number of carbonyl (C=O) groups is 1. The molecule has 2 heterocycles. The minimum atomic E-state index is -4.02. The number of carbonyl (C=O) groups excluding carboxylic acids is 1. The van der Waals surface area contributed by atoms with Gasteiger partial charge in [0.15, 0.2) is 11.5 Å². The quantitative estimate of drug-likeness (QED) is 0.662. The van der Waals surface area contributed by atoms with Gasteiger partial charge in [0.05, 0.1) is 5.69 Å². The number of fused-ring (bicyclic) bond motifs is 1. The van der Waals surface area contributed by atoms with E-state index in [2.05, 4.69) is 5.32 Å². The third-order valence-electron chi connectivity index (χ3n) is 4.29. The number of nitrogens with one attached hydrogen (secondary N) is 1. The van der Waals surface area contributed by atoms with Gasteiger partial charge in [0.1, 0.15) is 15.6 Å². The van der Waals surface area contributed by atoms with Crippen molar-refractivity contribution in [2.24, 2.45) is 0 Å². The monoisotopic (exact) mass is 434 g/mol. The van der Waals surface area contributed by atoms with Crippen LogP contribution in [0, 0.1) is 5.82 Å². The lowest BCUT2D eigenvalue weighted by Gasteiger charge is -2.19. The molecule has 0 bridgehead atoms. The van der Waals surface area contributed by atoms with Crippen LogP contribution in [0.15, 0.2) is 58.8 Å². The lowest BCUT2D eigenvalue weighted by molar-refractivity contribution is 0.102. The number of thiophene rings is 1. The van der Waals surface area contributed by atoms with E-state index in [0.717, 1.165) is 15.6 Å². The highest BCUT2D eigenvalue weighted by Gasteiger charge is 2.28. The van der Waals surface area contributed by atoms with Crippen molar-refractivity contribution in [1.82, 2.24) is 0 Å². The van der Waals surface area contributed by atoms with Crippen LogP contribution in [0.25, 0.3) is 0 Å². The van der Waals surface area contributed by atoms with Crippen LogP contribution >= 0.6 is 11.3 Å². The number of hydrogen-bond donors (Lipinski definition) is 1. The summed E-state index contributed by atoms with van der Waals surface area (Å²) in [5.74, 6) is 0.0324. The van der Waals surface area contributed by atoms with E-state index in [1.807, 2.05) is 0 Å². The molecule has 1 aliphatic heterocycles. The first-order valence-corrected chi connectivity index (χ1v) is 10.7. The Labute approximate surface area is 170 Å². The zero-order valence-corrected chi connectivity index (χ0v) is 16.7. The number of amides is 1. The minimum absolute atomic E-state index is 0.0385. The molecule has 7 nitrogen and oxygen atoms in total. The summed E-state index contributed by atoms with van der Waals surface area (Å²) in [6.07, 6.45) is 0. The first-order chi connectivity index (χ1) is 13.9. The van der Waals surface area contributed by atoms with Crippen LogP contribution in [0.4, 0.5) is 15.8 Å². The SMILES string of the molecule is CN(c1ccc(F)cc1)S(=O)(=O)c1ccsc1C(=O)Nc1ccc2c(c1)OCO2. The van der Waals surface area contributed by atoms with Crippen molar-refractivity contribution in [3.8, 4) is 11.5 Å². The number of anilines is 2. The molecule has 1 amide bonds. The van der Waals surface area contributed by atoms with Gasteiger partial charge in [-0.1, -0.05) is 0 Å². The van der Waals surface area contributed by atoms with Crippen molar-refractivity contribution in [3.63, 3.8) is 0 Å². The van der Waals surface area contributed by atoms with Crippen LogP contribution in [0.1, 0.15) is 9.67 Å². The van der Waals surface area contributed by atoms with Gasteiger partial charge in [-0.15, -0.1) is 11.3 Å². The lowest BCUT2D eigenvalue weighted by Crippen LogP contribution is -2.28. The number of nitrogens with zero attached hydrogens (tertiary/aromatic N) is 1. The second kappa shape index (κ2) is 7.37. The van der Waals surface area contributed by atoms with Gasteiger partial charge in [0.2, 0.25) is 6.79 Å². The summed E-state index contributed by atoms with van der Waals surface area (Å²) in [6, 6.07) is 11.3.